The highest BCUT2D eigenvalue weighted by atomic mass is 32.1. The van der Waals surface area contributed by atoms with Crippen LogP contribution in [0.5, 0.6) is 0 Å². The summed E-state index contributed by atoms with van der Waals surface area (Å²) in [6, 6.07) is 9.75. The van der Waals surface area contributed by atoms with Crippen LogP contribution >= 0.6 is 24.4 Å². The maximum absolute atomic E-state index is 5.15. The molecule has 1 rings (SSSR count). The van der Waals surface area contributed by atoms with Gasteiger partial charge in [-0.05, 0) is 36.4 Å². The minimum Gasteiger partial charge on any atom is -0.471 e. The van der Waals surface area contributed by atoms with E-state index in [-0.39, 0.29) is 10.3 Å². The van der Waals surface area contributed by atoms with Gasteiger partial charge >= 0.3 is 0 Å². The van der Waals surface area contributed by atoms with E-state index in [1.165, 1.54) is 0 Å². The average Bonchev–Trinajstić information content (AvgIpc) is 2.36. The Bertz CT molecular complexity index is 358. The van der Waals surface area contributed by atoms with Gasteiger partial charge in [-0.15, -0.1) is 0 Å². The normalized spacial score (nSPS) is 8.72. The minimum absolute atomic E-state index is 0.0915. The van der Waals surface area contributed by atoms with Crippen LogP contribution < -0.4 is 11.5 Å². The van der Waals surface area contributed by atoms with Crippen LogP contribution in [-0.2, 0) is 16.1 Å². The third kappa shape index (κ3) is 11.1. The van der Waals surface area contributed by atoms with Crippen molar-refractivity contribution in [2.24, 2.45) is 11.5 Å². The Balaban J connectivity index is 0.000000360. The molecule has 0 fully saturated rings. The molecule has 0 heterocycles. The van der Waals surface area contributed by atoms with E-state index >= 15 is 0 Å². The molecule has 0 unspecified atom stereocenters. The van der Waals surface area contributed by atoms with Crippen LogP contribution in [0.3, 0.4) is 0 Å². The number of hydrogen-bond donors (Lipinski definition) is 2. The van der Waals surface area contributed by atoms with E-state index in [9.17, 15) is 0 Å². The summed E-state index contributed by atoms with van der Waals surface area (Å²) in [6.45, 7) is 3.09. The van der Waals surface area contributed by atoms with E-state index < -0.39 is 0 Å². The van der Waals surface area contributed by atoms with Crippen molar-refractivity contribution in [3.05, 3.63) is 35.9 Å². The monoisotopic (exact) mass is 286 g/mol. The Labute approximate surface area is 118 Å². The summed E-state index contributed by atoms with van der Waals surface area (Å²) in [5, 5.41) is 0.232. The number of nitrogens with two attached hydrogens (primary N) is 2. The fourth-order valence-electron chi connectivity index (χ4n) is 0.931. The van der Waals surface area contributed by atoms with Crippen LogP contribution in [0, 0.1) is 0 Å². The van der Waals surface area contributed by atoms with Gasteiger partial charge in [0.05, 0.1) is 6.61 Å². The van der Waals surface area contributed by atoms with Crippen molar-refractivity contribution in [2.75, 3.05) is 6.61 Å². The second-order valence-electron chi connectivity index (χ2n) is 3.26. The van der Waals surface area contributed by atoms with E-state index in [2.05, 4.69) is 24.4 Å². The predicted molar refractivity (Wildman–Crippen MR) is 81.0 cm³/mol. The summed E-state index contributed by atoms with van der Waals surface area (Å²) in [5.74, 6) is 0. The summed E-state index contributed by atoms with van der Waals surface area (Å²) in [5.41, 5.74) is 11.2. The average molecular weight is 286 g/mol. The molecule has 18 heavy (non-hydrogen) atoms. The lowest BCUT2D eigenvalue weighted by Crippen LogP contribution is -2.12. The largest absolute Gasteiger partial charge is 0.471 e. The van der Waals surface area contributed by atoms with Crippen molar-refractivity contribution in [3.63, 3.8) is 0 Å². The number of hydrogen-bond acceptors (Lipinski definition) is 4. The summed E-state index contributed by atoms with van der Waals surface area (Å²) in [7, 11) is 0. The molecule has 0 saturated carbocycles. The van der Waals surface area contributed by atoms with Crippen molar-refractivity contribution in [1.82, 2.24) is 0 Å². The second kappa shape index (κ2) is 10.7. The molecular weight excluding hydrogens is 268 g/mol. The molecule has 0 saturated heterocycles. The van der Waals surface area contributed by atoms with Gasteiger partial charge < -0.3 is 20.9 Å². The van der Waals surface area contributed by atoms with Gasteiger partial charge in [-0.2, -0.15) is 0 Å². The van der Waals surface area contributed by atoms with E-state index in [1.807, 2.05) is 37.3 Å². The molecule has 1 aromatic carbocycles. The first-order valence-electron chi connectivity index (χ1n) is 5.44. The zero-order valence-electron chi connectivity index (χ0n) is 10.3. The molecular formula is C12H18N2O2S2. The van der Waals surface area contributed by atoms with E-state index in [1.54, 1.807) is 0 Å². The van der Waals surface area contributed by atoms with Gasteiger partial charge in [0, 0.05) is 0 Å². The van der Waals surface area contributed by atoms with Gasteiger partial charge in [-0.25, -0.2) is 0 Å². The standard InChI is InChI=1S/C8H9NOS.C4H9NOS/c9-8(11)10-6-7-4-2-1-3-5-7;1-2-3-6-4(5)7/h1-5H,6H2,(H2,9,11);2-3H2,1H3,(H2,5,7). The first-order chi connectivity index (χ1) is 8.56. The molecule has 0 aromatic heterocycles. The molecule has 0 aliphatic carbocycles. The molecule has 100 valence electrons. The molecule has 1 aromatic rings. The number of thiocarbonyl (C=S) groups is 2. The summed E-state index contributed by atoms with van der Waals surface area (Å²) < 4.78 is 9.64. The maximum atomic E-state index is 5.15. The quantitative estimate of drug-likeness (QED) is 0.826. The lowest BCUT2D eigenvalue weighted by atomic mass is 10.2. The van der Waals surface area contributed by atoms with Gasteiger partial charge in [0.25, 0.3) is 10.3 Å². The van der Waals surface area contributed by atoms with Gasteiger partial charge in [0.15, 0.2) is 0 Å². The van der Waals surface area contributed by atoms with Gasteiger partial charge in [-0.1, -0.05) is 37.3 Å². The van der Waals surface area contributed by atoms with Gasteiger partial charge in [0.1, 0.15) is 6.61 Å². The van der Waals surface area contributed by atoms with E-state index in [4.69, 9.17) is 20.9 Å². The van der Waals surface area contributed by atoms with Gasteiger partial charge in [-0.3, -0.25) is 0 Å². The van der Waals surface area contributed by atoms with Crippen LogP contribution in [0.1, 0.15) is 18.9 Å². The highest BCUT2D eigenvalue weighted by Crippen LogP contribution is 1.99. The summed E-state index contributed by atoms with van der Waals surface area (Å²) in [6.07, 6.45) is 0.956. The fraction of sp³-hybridized carbons (Fsp3) is 0.333. The molecule has 4 N–H and O–H groups in total. The van der Waals surface area contributed by atoms with Gasteiger partial charge in [0.2, 0.25) is 0 Å². The van der Waals surface area contributed by atoms with Crippen molar-refractivity contribution in [2.45, 2.75) is 20.0 Å². The Kier molecular flexibility index (Phi) is 9.90. The molecule has 4 nitrogen and oxygen atoms in total. The molecule has 0 spiro atoms. The predicted octanol–water partition coefficient (Wildman–Crippen LogP) is 2.10. The SMILES string of the molecule is CCCOC(N)=S.NC(=S)OCc1ccccc1. The second-order valence-corrected chi connectivity index (χ2v) is 4.07. The first kappa shape index (κ1) is 16.6. The number of ether oxygens (including phenoxy) is 2. The Morgan fingerprint density at radius 3 is 2.00 bits per heavy atom. The topological polar surface area (TPSA) is 70.5 Å². The minimum atomic E-state index is 0.0915. The molecule has 0 aliphatic rings. The zero-order chi connectivity index (χ0) is 13.8. The molecule has 0 radical (unpaired) electrons. The van der Waals surface area contributed by atoms with Crippen LogP contribution in [0.15, 0.2) is 30.3 Å². The smallest absolute Gasteiger partial charge is 0.254 e. The van der Waals surface area contributed by atoms with Crippen molar-refractivity contribution in [1.29, 1.82) is 0 Å². The molecule has 0 atom stereocenters. The molecule has 6 heteroatoms. The Morgan fingerprint density at radius 2 is 1.61 bits per heavy atom. The third-order valence-electron chi connectivity index (χ3n) is 1.67. The van der Waals surface area contributed by atoms with Crippen LogP contribution in [-0.4, -0.2) is 17.0 Å². The zero-order valence-corrected chi connectivity index (χ0v) is 11.9. The van der Waals surface area contributed by atoms with Crippen LogP contribution in [0.4, 0.5) is 0 Å². The van der Waals surface area contributed by atoms with E-state index in [0.717, 1.165) is 12.0 Å². The van der Waals surface area contributed by atoms with Crippen molar-refractivity contribution < 1.29 is 9.47 Å². The summed E-state index contributed by atoms with van der Waals surface area (Å²) >= 11 is 8.97. The maximum Gasteiger partial charge on any atom is 0.254 e. The summed E-state index contributed by atoms with van der Waals surface area (Å²) in [4.78, 5) is 0. The number of benzene rings is 1. The molecule has 0 amide bonds. The van der Waals surface area contributed by atoms with Crippen molar-refractivity contribution >= 4 is 34.8 Å². The van der Waals surface area contributed by atoms with Crippen molar-refractivity contribution in [3.8, 4) is 0 Å². The van der Waals surface area contributed by atoms with Crippen LogP contribution in [0.2, 0.25) is 0 Å². The number of rotatable bonds is 4. The Morgan fingerprint density at radius 1 is 1.06 bits per heavy atom. The lowest BCUT2D eigenvalue weighted by Gasteiger charge is -2.01. The van der Waals surface area contributed by atoms with E-state index in [0.29, 0.717) is 13.2 Å². The fourth-order valence-corrected chi connectivity index (χ4v) is 1.07. The Hall–Kier alpha value is -1.40. The third-order valence-corrected chi connectivity index (χ3v) is 1.91. The molecule has 0 bridgehead atoms. The van der Waals surface area contributed by atoms with Crippen LogP contribution in [0.25, 0.3) is 0 Å². The lowest BCUT2D eigenvalue weighted by molar-refractivity contribution is 0.296. The highest BCUT2D eigenvalue weighted by Gasteiger charge is 1.91. The highest BCUT2D eigenvalue weighted by molar-refractivity contribution is 7.80. The first-order valence-corrected chi connectivity index (χ1v) is 6.26. The molecule has 0 aliphatic heterocycles.